The molecule has 1 amide bonds. The molecule has 0 bridgehead atoms. The average Bonchev–Trinajstić information content (AvgIpc) is 3.12. The van der Waals surface area contributed by atoms with E-state index < -0.39 is 47.1 Å². The number of esters is 1. The molecule has 2 atom stereocenters. The van der Waals surface area contributed by atoms with Gasteiger partial charge in [0.15, 0.2) is 11.6 Å². The zero-order valence-electron chi connectivity index (χ0n) is 15.3. The quantitative estimate of drug-likeness (QED) is 0.569. The summed E-state index contributed by atoms with van der Waals surface area (Å²) in [5.74, 6) is -2.48. The van der Waals surface area contributed by atoms with Crippen molar-refractivity contribution < 1.29 is 36.6 Å². The molecule has 0 spiro atoms. The minimum atomic E-state index is -4.74. The lowest BCUT2D eigenvalue weighted by molar-refractivity contribution is -0.145. The summed E-state index contributed by atoms with van der Waals surface area (Å²) in [5, 5.41) is 0. The van der Waals surface area contributed by atoms with Crippen LogP contribution in [0.4, 0.5) is 17.6 Å². The number of benzene rings is 2. The largest absolute Gasteiger partial charge is 0.485 e. The smallest absolute Gasteiger partial charge is 0.417 e. The SMILES string of the molecule is COC(=O)C1CC(Oc2ccccc2F)CN1C(=O)c1ccccc1C(F)(F)F. The molecule has 29 heavy (non-hydrogen) atoms. The third-order valence-corrected chi connectivity index (χ3v) is 4.59. The number of alkyl halides is 3. The van der Waals surface area contributed by atoms with Crippen molar-refractivity contribution in [2.75, 3.05) is 13.7 Å². The average molecular weight is 411 g/mol. The standard InChI is InChI=1S/C20H17F4NO4/c1-28-19(27)16-10-12(29-17-9-5-4-8-15(17)21)11-25(16)18(26)13-6-2-3-7-14(13)20(22,23)24/h2-9,12,16H,10-11H2,1H3. The fraction of sp³-hybridized carbons (Fsp3) is 0.300. The van der Waals surface area contributed by atoms with E-state index in [1.54, 1.807) is 6.07 Å². The molecule has 2 aromatic carbocycles. The van der Waals surface area contributed by atoms with Crippen LogP contribution in [0, 0.1) is 5.82 Å². The second-order valence-electron chi connectivity index (χ2n) is 6.45. The van der Waals surface area contributed by atoms with E-state index in [9.17, 15) is 27.2 Å². The fourth-order valence-electron chi connectivity index (χ4n) is 3.26. The van der Waals surface area contributed by atoms with E-state index in [0.717, 1.165) is 24.1 Å². The molecule has 1 aliphatic rings. The van der Waals surface area contributed by atoms with Gasteiger partial charge in [-0.05, 0) is 24.3 Å². The van der Waals surface area contributed by atoms with Gasteiger partial charge in [-0.1, -0.05) is 24.3 Å². The van der Waals surface area contributed by atoms with Crippen molar-refractivity contribution in [3.8, 4) is 5.75 Å². The maximum absolute atomic E-state index is 13.8. The summed E-state index contributed by atoms with van der Waals surface area (Å²) in [4.78, 5) is 26.0. The zero-order valence-corrected chi connectivity index (χ0v) is 15.3. The van der Waals surface area contributed by atoms with Crippen LogP contribution >= 0.6 is 0 Å². The number of para-hydroxylation sites is 1. The van der Waals surface area contributed by atoms with Gasteiger partial charge < -0.3 is 14.4 Å². The van der Waals surface area contributed by atoms with Crippen molar-refractivity contribution in [1.29, 1.82) is 0 Å². The second kappa shape index (κ2) is 8.10. The number of rotatable bonds is 4. The first-order chi connectivity index (χ1) is 13.7. The minimum Gasteiger partial charge on any atom is -0.485 e. The Labute approximate surface area is 163 Å². The molecule has 5 nitrogen and oxygen atoms in total. The van der Waals surface area contributed by atoms with Gasteiger partial charge in [0, 0.05) is 6.42 Å². The van der Waals surface area contributed by atoms with Crippen LogP contribution in [0.5, 0.6) is 5.75 Å². The zero-order chi connectivity index (χ0) is 21.2. The van der Waals surface area contributed by atoms with Crippen LogP contribution in [0.1, 0.15) is 22.3 Å². The topological polar surface area (TPSA) is 55.8 Å². The normalized spacial score (nSPS) is 19.1. The van der Waals surface area contributed by atoms with Crippen LogP contribution in [0.2, 0.25) is 0 Å². The number of carbonyl (C=O) groups excluding carboxylic acids is 2. The molecular weight excluding hydrogens is 394 g/mol. The van der Waals surface area contributed by atoms with Crippen LogP contribution in [-0.4, -0.2) is 42.6 Å². The van der Waals surface area contributed by atoms with Crippen molar-refractivity contribution in [3.63, 3.8) is 0 Å². The van der Waals surface area contributed by atoms with Crippen molar-refractivity contribution >= 4 is 11.9 Å². The Hall–Kier alpha value is -3.10. The van der Waals surface area contributed by atoms with Gasteiger partial charge in [0.25, 0.3) is 5.91 Å². The molecule has 9 heteroatoms. The van der Waals surface area contributed by atoms with E-state index in [1.165, 1.54) is 30.3 Å². The monoisotopic (exact) mass is 411 g/mol. The summed E-state index contributed by atoms with van der Waals surface area (Å²) in [6.45, 7) is -0.195. The number of hydrogen-bond donors (Lipinski definition) is 0. The number of nitrogens with zero attached hydrogens (tertiary/aromatic N) is 1. The molecule has 1 aliphatic heterocycles. The first-order valence-corrected chi connectivity index (χ1v) is 8.68. The summed E-state index contributed by atoms with van der Waals surface area (Å²) in [5.41, 5.74) is -1.69. The molecule has 0 saturated carbocycles. The molecule has 3 rings (SSSR count). The van der Waals surface area contributed by atoms with Crippen molar-refractivity contribution in [2.45, 2.75) is 24.7 Å². The molecule has 154 valence electrons. The highest BCUT2D eigenvalue weighted by Crippen LogP contribution is 2.34. The highest BCUT2D eigenvalue weighted by atomic mass is 19.4. The Morgan fingerprint density at radius 2 is 1.72 bits per heavy atom. The van der Waals surface area contributed by atoms with Crippen LogP contribution < -0.4 is 4.74 Å². The van der Waals surface area contributed by atoms with Crippen LogP contribution in [0.3, 0.4) is 0 Å². The predicted octanol–water partition coefficient (Wildman–Crippen LogP) is 3.68. The third-order valence-electron chi connectivity index (χ3n) is 4.59. The molecule has 0 aliphatic carbocycles. The lowest BCUT2D eigenvalue weighted by Gasteiger charge is -2.24. The van der Waals surface area contributed by atoms with Crippen LogP contribution in [0.15, 0.2) is 48.5 Å². The summed E-state index contributed by atoms with van der Waals surface area (Å²) in [6, 6.07) is 8.76. The Kier molecular flexibility index (Phi) is 5.76. The Morgan fingerprint density at radius 3 is 2.38 bits per heavy atom. The number of halogens is 4. The third kappa shape index (κ3) is 4.33. The van der Waals surface area contributed by atoms with E-state index in [0.29, 0.717) is 0 Å². The van der Waals surface area contributed by atoms with Gasteiger partial charge in [-0.25, -0.2) is 9.18 Å². The first kappa shape index (κ1) is 20.6. The Balaban J connectivity index is 1.89. The van der Waals surface area contributed by atoms with E-state index in [4.69, 9.17) is 4.74 Å². The Bertz CT molecular complexity index is 915. The summed E-state index contributed by atoms with van der Waals surface area (Å²) < 4.78 is 64.0. The molecule has 2 unspecified atom stereocenters. The number of amides is 1. The summed E-state index contributed by atoms with van der Waals surface area (Å²) in [7, 11) is 1.11. The first-order valence-electron chi connectivity index (χ1n) is 8.68. The van der Waals surface area contributed by atoms with E-state index in [1.807, 2.05) is 0 Å². The number of hydrogen-bond acceptors (Lipinski definition) is 4. The van der Waals surface area contributed by atoms with E-state index in [-0.39, 0.29) is 18.7 Å². The molecule has 0 radical (unpaired) electrons. The van der Waals surface area contributed by atoms with Crippen molar-refractivity contribution in [2.24, 2.45) is 0 Å². The van der Waals surface area contributed by atoms with Gasteiger partial charge in [0.05, 0.1) is 24.8 Å². The van der Waals surface area contributed by atoms with Gasteiger partial charge in [-0.15, -0.1) is 0 Å². The van der Waals surface area contributed by atoms with Gasteiger partial charge in [0.1, 0.15) is 12.1 Å². The maximum atomic E-state index is 13.8. The molecule has 1 saturated heterocycles. The van der Waals surface area contributed by atoms with Gasteiger partial charge in [0.2, 0.25) is 0 Å². The lowest BCUT2D eigenvalue weighted by atomic mass is 10.1. The van der Waals surface area contributed by atoms with E-state index in [2.05, 4.69) is 4.74 Å². The van der Waals surface area contributed by atoms with Gasteiger partial charge in [-0.2, -0.15) is 13.2 Å². The summed E-state index contributed by atoms with van der Waals surface area (Å²) in [6.07, 6.45) is -5.57. The highest BCUT2D eigenvalue weighted by molar-refractivity contribution is 5.98. The van der Waals surface area contributed by atoms with Crippen LogP contribution in [-0.2, 0) is 15.7 Å². The molecule has 2 aromatic rings. The molecular formula is C20H17F4NO4. The number of ether oxygens (including phenoxy) is 2. The van der Waals surface area contributed by atoms with Crippen LogP contribution in [0.25, 0.3) is 0 Å². The summed E-state index contributed by atoms with van der Waals surface area (Å²) >= 11 is 0. The van der Waals surface area contributed by atoms with Crippen molar-refractivity contribution in [3.05, 3.63) is 65.5 Å². The molecule has 0 aromatic heterocycles. The fourth-order valence-corrected chi connectivity index (χ4v) is 3.26. The predicted molar refractivity (Wildman–Crippen MR) is 93.7 cm³/mol. The highest BCUT2D eigenvalue weighted by Gasteiger charge is 2.44. The second-order valence-corrected chi connectivity index (χ2v) is 6.45. The molecule has 1 fully saturated rings. The molecule has 1 heterocycles. The van der Waals surface area contributed by atoms with Gasteiger partial charge >= 0.3 is 12.1 Å². The molecule has 0 N–H and O–H groups in total. The van der Waals surface area contributed by atoms with Crippen molar-refractivity contribution in [1.82, 2.24) is 4.90 Å². The lowest BCUT2D eigenvalue weighted by Crippen LogP contribution is -2.42. The minimum absolute atomic E-state index is 0.0407. The maximum Gasteiger partial charge on any atom is 0.417 e. The number of carbonyl (C=O) groups is 2. The number of methoxy groups -OCH3 is 1. The Morgan fingerprint density at radius 1 is 1.07 bits per heavy atom. The van der Waals surface area contributed by atoms with E-state index >= 15 is 0 Å². The van der Waals surface area contributed by atoms with Gasteiger partial charge in [-0.3, -0.25) is 4.79 Å². The number of likely N-dealkylation sites (tertiary alicyclic amines) is 1.